The summed E-state index contributed by atoms with van der Waals surface area (Å²) >= 11 is 5.93. The molecule has 0 aliphatic carbocycles. The summed E-state index contributed by atoms with van der Waals surface area (Å²) in [6.45, 7) is 1.46. The van der Waals surface area contributed by atoms with Crippen molar-refractivity contribution in [1.82, 2.24) is 0 Å². The normalized spacial score (nSPS) is 10.3. The predicted octanol–water partition coefficient (Wildman–Crippen LogP) is 3.81. The van der Waals surface area contributed by atoms with Crippen LogP contribution < -0.4 is 4.74 Å². The van der Waals surface area contributed by atoms with Crippen LogP contribution in [0.3, 0.4) is 0 Å². The standard InChI is InChI=1S/C13H11ClO3/c1-8(15)11-5-6-12(17-11)9-3-4-10(14)13(7-9)16-2/h3-7H,1-2H3. The minimum Gasteiger partial charge on any atom is -0.495 e. The highest BCUT2D eigenvalue weighted by atomic mass is 35.5. The van der Waals surface area contributed by atoms with Gasteiger partial charge in [-0.15, -0.1) is 0 Å². The number of hydrogen-bond donors (Lipinski definition) is 0. The van der Waals surface area contributed by atoms with Crippen molar-refractivity contribution in [1.29, 1.82) is 0 Å². The number of carbonyl (C=O) groups excluding carboxylic acids is 1. The number of carbonyl (C=O) groups is 1. The zero-order valence-corrected chi connectivity index (χ0v) is 10.2. The first kappa shape index (κ1) is 11.7. The summed E-state index contributed by atoms with van der Waals surface area (Å²) in [4.78, 5) is 11.1. The van der Waals surface area contributed by atoms with Crippen molar-refractivity contribution in [3.63, 3.8) is 0 Å². The first-order chi connectivity index (χ1) is 8.11. The van der Waals surface area contributed by atoms with Crippen LogP contribution in [0, 0.1) is 0 Å². The van der Waals surface area contributed by atoms with E-state index in [1.807, 2.05) is 6.07 Å². The second-order valence-corrected chi connectivity index (χ2v) is 3.98. The molecule has 0 unspecified atom stereocenters. The maximum absolute atomic E-state index is 11.1. The van der Waals surface area contributed by atoms with Crippen LogP contribution in [0.4, 0.5) is 0 Å². The number of hydrogen-bond acceptors (Lipinski definition) is 3. The Kier molecular flexibility index (Phi) is 3.20. The zero-order chi connectivity index (χ0) is 12.4. The molecule has 0 saturated heterocycles. The van der Waals surface area contributed by atoms with Crippen LogP contribution in [0.2, 0.25) is 5.02 Å². The van der Waals surface area contributed by atoms with Gasteiger partial charge in [0, 0.05) is 12.5 Å². The first-order valence-electron chi connectivity index (χ1n) is 5.06. The van der Waals surface area contributed by atoms with Crippen molar-refractivity contribution < 1.29 is 13.9 Å². The fourth-order valence-electron chi connectivity index (χ4n) is 1.50. The van der Waals surface area contributed by atoms with E-state index in [2.05, 4.69) is 0 Å². The van der Waals surface area contributed by atoms with Gasteiger partial charge < -0.3 is 9.15 Å². The van der Waals surface area contributed by atoms with Crippen LogP contribution in [-0.4, -0.2) is 12.9 Å². The predicted molar refractivity (Wildman–Crippen MR) is 65.7 cm³/mol. The van der Waals surface area contributed by atoms with Gasteiger partial charge in [0.1, 0.15) is 11.5 Å². The lowest BCUT2D eigenvalue weighted by Gasteiger charge is -2.04. The highest BCUT2D eigenvalue weighted by Crippen LogP contribution is 2.31. The van der Waals surface area contributed by atoms with E-state index in [0.29, 0.717) is 22.3 Å². The molecule has 17 heavy (non-hydrogen) atoms. The third kappa shape index (κ3) is 2.34. The number of methoxy groups -OCH3 is 1. The summed E-state index contributed by atoms with van der Waals surface area (Å²) in [5.41, 5.74) is 0.818. The monoisotopic (exact) mass is 250 g/mol. The molecule has 88 valence electrons. The molecular weight excluding hydrogens is 240 g/mol. The lowest BCUT2D eigenvalue weighted by molar-refractivity contribution is 0.0988. The van der Waals surface area contributed by atoms with Crippen molar-refractivity contribution in [2.75, 3.05) is 7.11 Å². The molecular formula is C13H11ClO3. The lowest BCUT2D eigenvalue weighted by Crippen LogP contribution is -1.87. The quantitative estimate of drug-likeness (QED) is 0.778. The van der Waals surface area contributed by atoms with Gasteiger partial charge in [0.05, 0.1) is 12.1 Å². The summed E-state index contributed by atoms with van der Waals surface area (Å²) in [7, 11) is 1.55. The van der Waals surface area contributed by atoms with Gasteiger partial charge in [0.15, 0.2) is 11.5 Å². The van der Waals surface area contributed by atoms with Gasteiger partial charge in [-0.2, -0.15) is 0 Å². The van der Waals surface area contributed by atoms with Gasteiger partial charge in [0.2, 0.25) is 0 Å². The molecule has 0 amide bonds. The van der Waals surface area contributed by atoms with Gasteiger partial charge in [0.25, 0.3) is 0 Å². The third-order valence-electron chi connectivity index (χ3n) is 2.39. The number of ketones is 1. The molecule has 4 heteroatoms. The molecule has 0 fully saturated rings. The number of benzene rings is 1. The van der Waals surface area contributed by atoms with Crippen molar-refractivity contribution >= 4 is 17.4 Å². The Morgan fingerprint density at radius 2 is 2.06 bits per heavy atom. The maximum atomic E-state index is 11.1. The van der Waals surface area contributed by atoms with Crippen LogP contribution in [0.15, 0.2) is 34.7 Å². The highest BCUT2D eigenvalue weighted by molar-refractivity contribution is 6.32. The van der Waals surface area contributed by atoms with E-state index in [9.17, 15) is 4.79 Å². The molecule has 0 bridgehead atoms. The van der Waals surface area contributed by atoms with Crippen LogP contribution in [0.1, 0.15) is 17.5 Å². The lowest BCUT2D eigenvalue weighted by atomic mass is 10.1. The van der Waals surface area contributed by atoms with Gasteiger partial charge in [-0.3, -0.25) is 4.79 Å². The smallest absolute Gasteiger partial charge is 0.194 e. The number of halogens is 1. The van der Waals surface area contributed by atoms with E-state index in [-0.39, 0.29) is 5.78 Å². The maximum Gasteiger partial charge on any atom is 0.194 e. The van der Waals surface area contributed by atoms with Crippen molar-refractivity contribution in [3.05, 3.63) is 41.1 Å². The van der Waals surface area contributed by atoms with E-state index in [0.717, 1.165) is 5.56 Å². The molecule has 0 radical (unpaired) electrons. The summed E-state index contributed by atoms with van der Waals surface area (Å²) < 4.78 is 10.5. The Morgan fingerprint density at radius 1 is 1.29 bits per heavy atom. The molecule has 0 spiro atoms. The molecule has 0 aliphatic heterocycles. The number of Topliss-reactive ketones (excluding diaryl/α,β-unsaturated/α-hetero) is 1. The van der Waals surface area contributed by atoms with E-state index >= 15 is 0 Å². The molecule has 1 aromatic heterocycles. The molecule has 0 atom stereocenters. The molecule has 0 saturated carbocycles. The minimum atomic E-state index is -0.0998. The Balaban J connectivity index is 2.42. The van der Waals surface area contributed by atoms with E-state index in [1.54, 1.807) is 31.4 Å². The number of rotatable bonds is 3. The minimum absolute atomic E-state index is 0.0998. The fraction of sp³-hybridized carbons (Fsp3) is 0.154. The van der Waals surface area contributed by atoms with E-state index in [4.69, 9.17) is 20.8 Å². The van der Waals surface area contributed by atoms with Crippen molar-refractivity contribution in [2.24, 2.45) is 0 Å². The second kappa shape index (κ2) is 4.63. The Hall–Kier alpha value is -1.74. The van der Waals surface area contributed by atoms with Crippen LogP contribution in [0.25, 0.3) is 11.3 Å². The molecule has 2 aromatic rings. The van der Waals surface area contributed by atoms with Gasteiger partial charge >= 0.3 is 0 Å². The van der Waals surface area contributed by atoms with Crippen LogP contribution in [-0.2, 0) is 0 Å². The van der Waals surface area contributed by atoms with Crippen LogP contribution >= 0.6 is 11.6 Å². The number of furan rings is 1. The first-order valence-corrected chi connectivity index (χ1v) is 5.44. The Morgan fingerprint density at radius 3 is 2.65 bits per heavy atom. The third-order valence-corrected chi connectivity index (χ3v) is 2.70. The molecule has 3 nitrogen and oxygen atoms in total. The van der Waals surface area contributed by atoms with Gasteiger partial charge in [-0.25, -0.2) is 0 Å². The largest absolute Gasteiger partial charge is 0.495 e. The SMILES string of the molecule is COc1cc(-c2ccc(C(C)=O)o2)ccc1Cl. The summed E-state index contributed by atoms with van der Waals surface area (Å²) in [6.07, 6.45) is 0. The zero-order valence-electron chi connectivity index (χ0n) is 9.49. The number of ether oxygens (including phenoxy) is 1. The van der Waals surface area contributed by atoms with Crippen molar-refractivity contribution in [2.45, 2.75) is 6.92 Å². The van der Waals surface area contributed by atoms with Crippen LogP contribution in [0.5, 0.6) is 5.75 Å². The van der Waals surface area contributed by atoms with E-state index in [1.165, 1.54) is 6.92 Å². The molecule has 0 N–H and O–H groups in total. The molecule has 2 rings (SSSR count). The van der Waals surface area contributed by atoms with E-state index < -0.39 is 0 Å². The second-order valence-electron chi connectivity index (χ2n) is 3.57. The average molecular weight is 251 g/mol. The van der Waals surface area contributed by atoms with Gasteiger partial charge in [-0.05, 0) is 30.3 Å². The Bertz CT molecular complexity index is 558. The molecule has 0 aliphatic rings. The highest BCUT2D eigenvalue weighted by Gasteiger charge is 2.10. The summed E-state index contributed by atoms with van der Waals surface area (Å²) in [6, 6.07) is 8.71. The molecule has 1 heterocycles. The average Bonchev–Trinajstić information content (AvgIpc) is 2.79. The summed E-state index contributed by atoms with van der Waals surface area (Å²) in [5.74, 6) is 1.43. The summed E-state index contributed by atoms with van der Waals surface area (Å²) in [5, 5.41) is 0.537. The van der Waals surface area contributed by atoms with Crippen molar-refractivity contribution in [3.8, 4) is 17.1 Å². The van der Waals surface area contributed by atoms with Gasteiger partial charge in [-0.1, -0.05) is 11.6 Å². The Labute approximate surface area is 104 Å². The fourth-order valence-corrected chi connectivity index (χ4v) is 1.69. The topological polar surface area (TPSA) is 39.4 Å². The molecule has 1 aromatic carbocycles.